The van der Waals surface area contributed by atoms with Crippen LogP contribution >= 0.6 is 11.6 Å². The molecular formula is C17H19ClN2O. The van der Waals surface area contributed by atoms with Crippen molar-refractivity contribution in [2.24, 2.45) is 0 Å². The fourth-order valence-electron chi connectivity index (χ4n) is 1.85. The average Bonchev–Trinajstić information content (AvgIpc) is 2.48. The molecular weight excluding hydrogens is 284 g/mol. The summed E-state index contributed by atoms with van der Waals surface area (Å²) in [5.41, 5.74) is 4.16. The molecule has 0 aliphatic rings. The third-order valence-electron chi connectivity index (χ3n) is 3.24. The van der Waals surface area contributed by atoms with Crippen molar-refractivity contribution in [3.63, 3.8) is 0 Å². The normalized spacial score (nSPS) is 10.2. The molecule has 2 N–H and O–H groups in total. The fraction of sp³-hybridized carbons (Fsp3) is 0.235. The summed E-state index contributed by atoms with van der Waals surface area (Å²) >= 11 is 6.04. The SMILES string of the molecule is Cc1ccc(CNC(=O)CNc2ccc(C)c(Cl)c2)cc1. The zero-order valence-corrected chi connectivity index (χ0v) is 13.0. The third kappa shape index (κ3) is 4.80. The smallest absolute Gasteiger partial charge is 0.239 e. The highest BCUT2D eigenvalue weighted by Gasteiger charge is 2.02. The van der Waals surface area contributed by atoms with Gasteiger partial charge in [-0.2, -0.15) is 0 Å². The van der Waals surface area contributed by atoms with Crippen LogP contribution in [0.5, 0.6) is 0 Å². The number of hydrogen-bond donors (Lipinski definition) is 2. The highest BCUT2D eigenvalue weighted by molar-refractivity contribution is 6.31. The Morgan fingerprint density at radius 1 is 1.10 bits per heavy atom. The van der Waals surface area contributed by atoms with Gasteiger partial charge in [0.15, 0.2) is 0 Å². The molecule has 0 aromatic heterocycles. The molecule has 0 aliphatic heterocycles. The predicted molar refractivity (Wildman–Crippen MR) is 87.7 cm³/mol. The van der Waals surface area contributed by atoms with Gasteiger partial charge in [-0.1, -0.05) is 47.5 Å². The minimum atomic E-state index is -0.0488. The maximum atomic E-state index is 11.8. The quantitative estimate of drug-likeness (QED) is 0.884. The Hall–Kier alpha value is -2.00. The van der Waals surface area contributed by atoms with Gasteiger partial charge in [-0.3, -0.25) is 4.79 Å². The van der Waals surface area contributed by atoms with Crippen LogP contribution < -0.4 is 10.6 Å². The number of aryl methyl sites for hydroxylation is 2. The number of nitrogens with one attached hydrogen (secondary N) is 2. The van der Waals surface area contributed by atoms with Gasteiger partial charge in [0.2, 0.25) is 5.91 Å². The van der Waals surface area contributed by atoms with Crippen LogP contribution in [0.15, 0.2) is 42.5 Å². The van der Waals surface area contributed by atoms with Gasteiger partial charge in [0.05, 0.1) is 6.54 Å². The van der Waals surface area contributed by atoms with E-state index in [2.05, 4.69) is 10.6 Å². The van der Waals surface area contributed by atoms with Crippen LogP contribution in [0.1, 0.15) is 16.7 Å². The number of carbonyl (C=O) groups excluding carboxylic acids is 1. The first-order valence-electron chi connectivity index (χ1n) is 6.87. The van der Waals surface area contributed by atoms with Crippen molar-refractivity contribution in [2.75, 3.05) is 11.9 Å². The second-order valence-corrected chi connectivity index (χ2v) is 5.49. The van der Waals surface area contributed by atoms with E-state index in [0.717, 1.165) is 16.8 Å². The molecule has 2 rings (SSSR count). The van der Waals surface area contributed by atoms with E-state index in [1.165, 1.54) is 5.56 Å². The van der Waals surface area contributed by atoms with Gasteiger partial charge in [0, 0.05) is 17.3 Å². The van der Waals surface area contributed by atoms with E-state index in [-0.39, 0.29) is 12.5 Å². The molecule has 0 saturated heterocycles. The molecule has 3 nitrogen and oxygen atoms in total. The van der Waals surface area contributed by atoms with E-state index in [9.17, 15) is 4.79 Å². The van der Waals surface area contributed by atoms with Gasteiger partial charge in [0.25, 0.3) is 0 Å². The molecule has 0 bridgehead atoms. The van der Waals surface area contributed by atoms with Gasteiger partial charge >= 0.3 is 0 Å². The van der Waals surface area contributed by atoms with Crippen molar-refractivity contribution in [3.8, 4) is 0 Å². The molecule has 0 spiro atoms. The molecule has 2 aromatic carbocycles. The first-order chi connectivity index (χ1) is 10.0. The average molecular weight is 303 g/mol. The van der Waals surface area contributed by atoms with E-state index >= 15 is 0 Å². The molecule has 0 radical (unpaired) electrons. The van der Waals surface area contributed by atoms with E-state index in [1.807, 2.05) is 56.3 Å². The topological polar surface area (TPSA) is 41.1 Å². The first-order valence-corrected chi connectivity index (χ1v) is 7.24. The largest absolute Gasteiger partial charge is 0.376 e. The van der Waals surface area contributed by atoms with Crippen LogP contribution in [0.4, 0.5) is 5.69 Å². The summed E-state index contributed by atoms with van der Waals surface area (Å²) in [6.45, 7) is 4.75. The summed E-state index contributed by atoms with van der Waals surface area (Å²) in [7, 11) is 0. The maximum Gasteiger partial charge on any atom is 0.239 e. The molecule has 21 heavy (non-hydrogen) atoms. The molecule has 0 atom stereocenters. The summed E-state index contributed by atoms with van der Waals surface area (Å²) in [6, 6.07) is 13.8. The van der Waals surface area contributed by atoms with Crippen molar-refractivity contribution in [2.45, 2.75) is 20.4 Å². The Bertz CT molecular complexity index is 623. The van der Waals surface area contributed by atoms with Gasteiger partial charge in [-0.05, 0) is 37.1 Å². The molecule has 4 heteroatoms. The molecule has 110 valence electrons. The van der Waals surface area contributed by atoms with Crippen molar-refractivity contribution in [1.29, 1.82) is 0 Å². The Morgan fingerprint density at radius 3 is 2.48 bits per heavy atom. The Kier molecular flexibility index (Phi) is 5.23. The molecule has 1 amide bonds. The monoisotopic (exact) mass is 302 g/mol. The molecule has 0 aliphatic carbocycles. The van der Waals surface area contributed by atoms with Crippen LogP contribution in [-0.4, -0.2) is 12.5 Å². The van der Waals surface area contributed by atoms with Crippen LogP contribution in [0.2, 0.25) is 5.02 Å². The lowest BCUT2D eigenvalue weighted by molar-refractivity contribution is -0.119. The zero-order valence-electron chi connectivity index (χ0n) is 12.2. The summed E-state index contributed by atoms with van der Waals surface area (Å²) in [5, 5.41) is 6.64. The molecule has 0 heterocycles. The lowest BCUT2D eigenvalue weighted by Crippen LogP contribution is -2.29. The standard InChI is InChI=1S/C17H19ClN2O/c1-12-3-6-14(7-4-12)10-20-17(21)11-19-15-8-5-13(2)16(18)9-15/h3-9,19H,10-11H2,1-2H3,(H,20,21). The van der Waals surface area contributed by atoms with Gasteiger partial charge in [-0.25, -0.2) is 0 Å². The maximum absolute atomic E-state index is 11.8. The van der Waals surface area contributed by atoms with E-state index < -0.39 is 0 Å². The number of carbonyl (C=O) groups is 1. The fourth-order valence-corrected chi connectivity index (χ4v) is 2.03. The highest BCUT2D eigenvalue weighted by atomic mass is 35.5. The number of amides is 1. The lowest BCUT2D eigenvalue weighted by atomic mass is 10.1. The van der Waals surface area contributed by atoms with E-state index in [1.54, 1.807) is 0 Å². The van der Waals surface area contributed by atoms with Crippen LogP contribution in [0, 0.1) is 13.8 Å². The minimum Gasteiger partial charge on any atom is -0.376 e. The van der Waals surface area contributed by atoms with E-state index in [0.29, 0.717) is 11.6 Å². The predicted octanol–water partition coefficient (Wildman–Crippen LogP) is 3.69. The number of halogens is 1. The number of rotatable bonds is 5. The number of hydrogen-bond acceptors (Lipinski definition) is 2. The summed E-state index contributed by atoms with van der Waals surface area (Å²) < 4.78 is 0. The van der Waals surface area contributed by atoms with Gasteiger partial charge in [0.1, 0.15) is 0 Å². The van der Waals surface area contributed by atoms with Crippen LogP contribution in [0.25, 0.3) is 0 Å². The second-order valence-electron chi connectivity index (χ2n) is 5.08. The van der Waals surface area contributed by atoms with Crippen molar-refractivity contribution in [1.82, 2.24) is 5.32 Å². The van der Waals surface area contributed by atoms with Crippen molar-refractivity contribution in [3.05, 3.63) is 64.2 Å². The molecule has 0 fully saturated rings. The Balaban J connectivity index is 1.79. The number of anilines is 1. The van der Waals surface area contributed by atoms with Gasteiger partial charge < -0.3 is 10.6 Å². The van der Waals surface area contributed by atoms with E-state index in [4.69, 9.17) is 11.6 Å². The molecule has 0 saturated carbocycles. The Labute approximate surface area is 130 Å². The first kappa shape index (κ1) is 15.4. The summed E-state index contributed by atoms with van der Waals surface area (Å²) in [5.74, 6) is -0.0488. The summed E-state index contributed by atoms with van der Waals surface area (Å²) in [4.78, 5) is 11.8. The zero-order chi connectivity index (χ0) is 15.2. The number of benzene rings is 2. The van der Waals surface area contributed by atoms with Crippen LogP contribution in [-0.2, 0) is 11.3 Å². The van der Waals surface area contributed by atoms with Gasteiger partial charge in [-0.15, -0.1) is 0 Å². The third-order valence-corrected chi connectivity index (χ3v) is 3.64. The molecule has 2 aromatic rings. The Morgan fingerprint density at radius 2 is 1.81 bits per heavy atom. The second kappa shape index (κ2) is 7.14. The van der Waals surface area contributed by atoms with Crippen molar-refractivity contribution < 1.29 is 4.79 Å². The lowest BCUT2D eigenvalue weighted by Gasteiger charge is -2.09. The summed E-state index contributed by atoms with van der Waals surface area (Å²) in [6.07, 6.45) is 0. The minimum absolute atomic E-state index is 0.0488. The van der Waals surface area contributed by atoms with Crippen LogP contribution in [0.3, 0.4) is 0 Å². The van der Waals surface area contributed by atoms with Crippen molar-refractivity contribution >= 4 is 23.2 Å². The molecule has 0 unspecified atom stereocenters. The highest BCUT2D eigenvalue weighted by Crippen LogP contribution is 2.19.